The van der Waals surface area contributed by atoms with E-state index in [9.17, 15) is 0 Å². The van der Waals surface area contributed by atoms with E-state index in [0.717, 1.165) is 25.0 Å². The van der Waals surface area contributed by atoms with Gasteiger partial charge in [0.25, 0.3) is 0 Å². The van der Waals surface area contributed by atoms with Crippen molar-refractivity contribution in [2.24, 2.45) is 5.92 Å². The number of hydrogen-bond acceptors (Lipinski definition) is 3. The first-order valence-electron chi connectivity index (χ1n) is 9.39. The van der Waals surface area contributed by atoms with Crippen molar-refractivity contribution in [1.29, 1.82) is 0 Å². The molecule has 0 radical (unpaired) electrons. The van der Waals surface area contributed by atoms with Crippen molar-refractivity contribution in [1.82, 2.24) is 4.90 Å². The van der Waals surface area contributed by atoms with Gasteiger partial charge in [0, 0.05) is 44.3 Å². The Bertz CT molecular complexity index is 541. The molecule has 0 amide bonds. The average Bonchev–Trinajstić information content (AvgIpc) is 3.36. The van der Waals surface area contributed by atoms with Gasteiger partial charge in [0.05, 0.1) is 13.2 Å². The van der Waals surface area contributed by atoms with Crippen LogP contribution in [0.4, 0.5) is 5.69 Å². The maximum absolute atomic E-state index is 5.30. The van der Waals surface area contributed by atoms with E-state index in [4.69, 9.17) is 4.74 Å². The molecule has 1 aromatic rings. The number of rotatable bonds is 5. The molecule has 4 rings (SSSR count). The van der Waals surface area contributed by atoms with Crippen molar-refractivity contribution < 1.29 is 4.74 Å². The van der Waals surface area contributed by atoms with Gasteiger partial charge in [-0.05, 0) is 47.9 Å². The lowest BCUT2D eigenvalue weighted by Crippen LogP contribution is -2.50. The summed E-state index contributed by atoms with van der Waals surface area (Å²) in [4.78, 5) is 5.21. The molecule has 0 atom stereocenters. The van der Waals surface area contributed by atoms with Crippen LogP contribution in [0.3, 0.4) is 0 Å². The average molecular weight is 314 g/mol. The lowest BCUT2D eigenvalue weighted by Gasteiger charge is -2.39. The third-order valence-electron chi connectivity index (χ3n) is 5.67. The first-order chi connectivity index (χ1) is 11.2. The lowest BCUT2D eigenvalue weighted by molar-refractivity contribution is -0.0468. The quantitative estimate of drug-likeness (QED) is 0.828. The van der Waals surface area contributed by atoms with E-state index >= 15 is 0 Å². The SMILES string of the molecule is CC(C)c1ccc(N2CCN(CC3COC3)CC2)cc1C1CC1. The third kappa shape index (κ3) is 3.41. The fourth-order valence-electron chi connectivity index (χ4n) is 3.98. The van der Waals surface area contributed by atoms with Crippen LogP contribution in [0.1, 0.15) is 49.7 Å². The van der Waals surface area contributed by atoms with Gasteiger partial charge in [-0.15, -0.1) is 0 Å². The maximum atomic E-state index is 5.30. The Hall–Kier alpha value is -1.06. The van der Waals surface area contributed by atoms with Crippen molar-refractivity contribution in [3.63, 3.8) is 0 Å². The van der Waals surface area contributed by atoms with Crippen molar-refractivity contribution in [2.45, 2.75) is 38.5 Å². The molecule has 3 aliphatic rings. The molecule has 0 N–H and O–H groups in total. The van der Waals surface area contributed by atoms with Crippen molar-refractivity contribution >= 4 is 5.69 Å². The van der Waals surface area contributed by atoms with E-state index in [0.29, 0.717) is 5.92 Å². The van der Waals surface area contributed by atoms with Crippen LogP contribution in [0.15, 0.2) is 18.2 Å². The van der Waals surface area contributed by atoms with Crippen molar-refractivity contribution in [3.8, 4) is 0 Å². The van der Waals surface area contributed by atoms with E-state index in [1.807, 2.05) is 0 Å². The van der Waals surface area contributed by atoms with Crippen LogP contribution in [-0.4, -0.2) is 50.8 Å². The largest absolute Gasteiger partial charge is 0.381 e. The van der Waals surface area contributed by atoms with Crippen LogP contribution >= 0.6 is 0 Å². The van der Waals surface area contributed by atoms with Gasteiger partial charge in [0.1, 0.15) is 0 Å². The molecule has 1 aliphatic carbocycles. The Labute approximate surface area is 140 Å². The fourth-order valence-corrected chi connectivity index (χ4v) is 3.98. The van der Waals surface area contributed by atoms with Crippen molar-refractivity contribution in [3.05, 3.63) is 29.3 Å². The summed E-state index contributed by atoms with van der Waals surface area (Å²) in [5, 5.41) is 0. The number of ether oxygens (including phenoxy) is 1. The topological polar surface area (TPSA) is 15.7 Å². The highest BCUT2D eigenvalue weighted by Crippen LogP contribution is 2.44. The molecule has 3 heteroatoms. The van der Waals surface area contributed by atoms with Gasteiger partial charge in [-0.1, -0.05) is 19.9 Å². The highest BCUT2D eigenvalue weighted by atomic mass is 16.5. The Morgan fingerprint density at radius 2 is 1.83 bits per heavy atom. The van der Waals surface area contributed by atoms with E-state index < -0.39 is 0 Å². The summed E-state index contributed by atoms with van der Waals surface area (Å²) >= 11 is 0. The molecule has 1 saturated carbocycles. The van der Waals surface area contributed by atoms with Gasteiger partial charge in [-0.25, -0.2) is 0 Å². The van der Waals surface area contributed by atoms with Gasteiger partial charge in [0.2, 0.25) is 0 Å². The molecule has 23 heavy (non-hydrogen) atoms. The minimum Gasteiger partial charge on any atom is -0.381 e. The molecule has 0 unspecified atom stereocenters. The highest BCUT2D eigenvalue weighted by molar-refractivity contribution is 5.53. The Morgan fingerprint density at radius 1 is 1.09 bits per heavy atom. The Morgan fingerprint density at radius 3 is 2.39 bits per heavy atom. The highest BCUT2D eigenvalue weighted by Gasteiger charge is 2.28. The fraction of sp³-hybridized carbons (Fsp3) is 0.700. The van der Waals surface area contributed by atoms with Gasteiger partial charge in [0.15, 0.2) is 0 Å². The second-order valence-electron chi connectivity index (χ2n) is 7.93. The molecule has 2 saturated heterocycles. The molecule has 2 aliphatic heterocycles. The normalized spacial score (nSPS) is 23.3. The molecule has 0 bridgehead atoms. The summed E-state index contributed by atoms with van der Waals surface area (Å²) in [5.74, 6) is 2.27. The predicted octanol–water partition coefficient (Wildman–Crippen LogP) is 3.46. The number of piperazine rings is 1. The smallest absolute Gasteiger partial charge is 0.0528 e. The lowest BCUT2D eigenvalue weighted by atomic mass is 9.93. The predicted molar refractivity (Wildman–Crippen MR) is 95.5 cm³/mol. The molecule has 1 aromatic carbocycles. The van der Waals surface area contributed by atoms with E-state index in [2.05, 4.69) is 41.8 Å². The molecule has 3 fully saturated rings. The van der Waals surface area contributed by atoms with Gasteiger partial charge >= 0.3 is 0 Å². The minimum atomic E-state index is 0.640. The van der Waals surface area contributed by atoms with Crippen LogP contribution < -0.4 is 4.90 Å². The summed E-state index contributed by atoms with van der Waals surface area (Å²) in [6.45, 7) is 12.5. The molecule has 126 valence electrons. The maximum Gasteiger partial charge on any atom is 0.0528 e. The zero-order valence-corrected chi connectivity index (χ0v) is 14.6. The van der Waals surface area contributed by atoms with Crippen LogP contribution in [0.5, 0.6) is 0 Å². The van der Waals surface area contributed by atoms with Crippen LogP contribution in [0.25, 0.3) is 0 Å². The summed E-state index contributed by atoms with van der Waals surface area (Å²) in [7, 11) is 0. The zero-order valence-electron chi connectivity index (χ0n) is 14.6. The molecular weight excluding hydrogens is 284 g/mol. The Kier molecular flexibility index (Phi) is 4.33. The van der Waals surface area contributed by atoms with Crippen LogP contribution in [-0.2, 0) is 4.74 Å². The summed E-state index contributed by atoms with van der Waals surface area (Å²) in [6.07, 6.45) is 2.78. The summed E-state index contributed by atoms with van der Waals surface area (Å²) in [5.41, 5.74) is 4.65. The van der Waals surface area contributed by atoms with E-state index in [1.165, 1.54) is 51.3 Å². The third-order valence-corrected chi connectivity index (χ3v) is 5.67. The van der Waals surface area contributed by atoms with Crippen LogP contribution in [0.2, 0.25) is 0 Å². The van der Waals surface area contributed by atoms with Gasteiger partial charge in [-0.3, -0.25) is 4.90 Å². The zero-order chi connectivity index (χ0) is 15.8. The molecular formula is C20H30N2O. The van der Waals surface area contributed by atoms with Gasteiger partial charge in [-0.2, -0.15) is 0 Å². The molecule has 2 heterocycles. The second-order valence-corrected chi connectivity index (χ2v) is 7.93. The van der Waals surface area contributed by atoms with Crippen LogP contribution in [0, 0.1) is 5.92 Å². The molecule has 3 nitrogen and oxygen atoms in total. The summed E-state index contributed by atoms with van der Waals surface area (Å²) in [6, 6.07) is 7.25. The number of nitrogens with zero attached hydrogens (tertiary/aromatic N) is 2. The van der Waals surface area contributed by atoms with E-state index in [-0.39, 0.29) is 0 Å². The first-order valence-corrected chi connectivity index (χ1v) is 9.39. The standard InChI is InChI=1S/C20H30N2O/c1-15(2)19-6-5-18(11-20(19)17-3-4-17)22-9-7-21(8-10-22)12-16-13-23-14-16/h5-6,11,15-17H,3-4,7-10,12-14H2,1-2H3. The molecule has 0 aromatic heterocycles. The Balaban J connectivity index is 1.41. The van der Waals surface area contributed by atoms with Crippen molar-refractivity contribution in [2.75, 3.05) is 50.8 Å². The minimum absolute atomic E-state index is 0.640. The monoisotopic (exact) mass is 314 g/mol. The molecule has 0 spiro atoms. The first kappa shape index (κ1) is 15.5. The number of benzene rings is 1. The summed E-state index contributed by atoms with van der Waals surface area (Å²) < 4.78 is 5.30. The second kappa shape index (κ2) is 6.45. The van der Waals surface area contributed by atoms with Gasteiger partial charge < -0.3 is 9.64 Å². The number of anilines is 1. The number of hydrogen-bond donors (Lipinski definition) is 0. The van der Waals surface area contributed by atoms with E-state index in [1.54, 1.807) is 11.1 Å².